The summed E-state index contributed by atoms with van der Waals surface area (Å²) in [5.41, 5.74) is 0.837. The van der Waals surface area contributed by atoms with Gasteiger partial charge in [0.25, 0.3) is 0 Å². The van der Waals surface area contributed by atoms with Crippen molar-refractivity contribution < 1.29 is 4.79 Å². The van der Waals surface area contributed by atoms with Crippen LogP contribution in [0.4, 0.5) is 0 Å². The number of rotatable bonds is 1. The average Bonchev–Trinajstić information content (AvgIpc) is 2.04. The molecule has 13 heavy (non-hydrogen) atoms. The first-order valence-corrected chi connectivity index (χ1v) is 5.00. The molecule has 1 N–H and O–H groups in total. The number of carbonyl (C=O) groups excluding carboxylic acids is 1. The fraction of sp³-hybridized carbons (Fsp3) is 0.727. The predicted molar refractivity (Wildman–Crippen MR) is 54.1 cm³/mol. The van der Waals surface area contributed by atoms with Crippen LogP contribution in [0.3, 0.4) is 0 Å². The van der Waals surface area contributed by atoms with Gasteiger partial charge in [0.15, 0.2) is 0 Å². The van der Waals surface area contributed by atoms with E-state index in [0.717, 1.165) is 18.5 Å². The van der Waals surface area contributed by atoms with E-state index in [1.165, 1.54) is 12.8 Å². The van der Waals surface area contributed by atoms with Crippen LogP contribution in [0.15, 0.2) is 11.8 Å². The summed E-state index contributed by atoms with van der Waals surface area (Å²) in [4.78, 5) is 11.6. The molecule has 0 fully saturated rings. The highest BCUT2D eigenvalue weighted by Gasteiger charge is 2.21. The maximum absolute atomic E-state index is 11.6. The van der Waals surface area contributed by atoms with Gasteiger partial charge in [-0.05, 0) is 25.7 Å². The summed E-state index contributed by atoms with van der Waals surface area (Å²) in [5.74, 6) is 0.126. The number of hydrogen-bond acceptors (Lipinski definition) is 1. The first kappa shape index (κ1) is 10.3. The first-order valence-electron chi connectivity index (χ1n) is 5.00. The van der Waals surface area contributed by atoms with Crippen LogP contribution in [0.1, 0.15) is 46.5 Å². The maximum Gasteiger partial charge on any atom is 0.229 e. The molecule has 0 aromatic carbocycles. The van der Waals surface area contributed by atoms with Gasteiger partial charge in [0, 0.05) is 11.1 Å². The number of allylic oxidation sites excluding steroid dienone is 2. The molecule has 1 aliphatic rings. The monoisotopic (exact) mass is 181 g/mol. The molecule has 0 radical (unpaired) electrons. The van der Waals surface area contributed by atoms with E-state index in [2.05, 4.69) is 11.4 Å². The molecular formula is C11H19NO. The highest BCUT2D eigenvalue weighted by atomic mass is 16.2. The lowest BCUT2D eigenvalue weighted by Gasteiger charge is -2.21. The second kappa shape index (κ2) is 3.95. The van der Waals surface area contributed by atoms with Crippen LogP contribution in [0.2, 0.25) is 0 Å². The van der Waals surface area contributed by atoms with Crippen molar-refractivity contribution in [2.24, 2.45) is 5.41 Å². The molecule has 1 rings (SSSR count). The van der Waals surface area contributed by atoms with Gasteiger partial charge < -0.3 is 5.32 Å². The molecule has 0 bridgehead atoms. The molecule has 0 saturated carbocycles. The van der Waals surface area contributed by atoms with E-state index in [4.69, 9.17) is 0 Å². The van der Waals surface area contributed by atoms with E-state index in [-0.39, 0.29) is 11.3 Å². The van der Waals surface area contributed by atoms with Crippen molar-refractivity contribution in [2.45, 2.75) is 46.5 Å². The maximum atomic E-state index is 11.6. The van der Waals surface area contributed by atoms with Crippen LogP contribution < -0.4 is 5.32 Å². The number of carbonyl (C=O) groups is 1. The third kappa shape index (κ3) is 3.21. The molecule has 1 amide bonds. The quantitative estimate of drug-likeness (QED) is 0.662. The minimum Gasteiger partial charge on any atom is -0.330 e. The summed E-state index contributed by atoms with van der Waals surface area (Å²) in [6.07, 6.45) is 6.75. The molecule has 2 nitrogen and oxygen atoms in total. The third-order valence-corrected chi connectivity index (χ3v) is 2.25. The Hall–Kier alpha value is -0.790. The van der Waals surface area contributed by atoms with E-state index < -0.39 is 0 Å². The Kier molecular flexibility index (Phi) is 3.12. The highest BCUT2D eigenvalue weighted by molar-refractivity contribution is 5.82. The molecule has 2 heteroatoms. The van der Waals surface area contributed by atoms with Crippen LogP contribution >= 0.6 is 0 Å². The zero-order chi connectivity index (χ0) is 9.90. The van der Waals surface area contributed by atoms with Crippen LogP contribution in [0, 0.1) is 5.41 Å². The van der Waals surface area contributed by atoms with Gasteiger partial charge in [-0.25, -0.2) is 0 Å². The second-order valence-electron chi connectivity index (χ2n) is 4.68. The van der Waals surface area contributed by atoms with Crippen molar-refractivity contribution in [1.29, 1.82) is 0 Å². The van der Waals surface area contributed by atoms with Gasteiger partial charge in [-0.15, -0.1) is 0 Å². The van der Waals surface area contributed by atoms with Crippen molar-refractivity contribution in [2.75, 3.05) is 0 Å². The first-order chi connectivity index (χ1) is 6.00. The Morgan fingerprint density at radius 2 is 2.08 bits per heavy atom. The summed E-state index contributed by atoms with van der Waals surface area (Å²) in [6.45, 7) is 5.81. The lowest BCUT2D eigenvalue weighted by atomic mass is 9.95. The Bertz CT molecular complexity index is 223. The van der Waals surface area contributed by atoms with Crippen LogP contribution in [-0.2, 0) is 4.79 Å². The van der Waals surface area contributed by atoms with Crippen molar-refractivity contribution in [1.82, 2.24) is 5.32 Å². The molecule has 0 aromatic rings. The molecule has 1 aliphatic carbocycles. The highest BCUT2D eigenvalue weighted by Crippen LogP contribution is 2.18. The molecular weight excluding hydrogens is 162 g/mol. The fourth-order valence-corrected chi connectivity index (χ4v) is 1.28. The molecule has 0 aromatic heterocycles. The minimum absolute atomic E-state index is 0.126. The zero-order valence-corrected chi connectivity index (χ0v) is 8.81. The van der Waals surface area contributed by atoms with Gasteiger partial charge in [0.1, 0.15) is 0 Å². The SMILES string of the molecule is CC(C)(C)C(=O)NC1=CCCCC1. The third-order valence-electron chi connectivity index (χ3n) is 2.25. The predicted octanol–water partition coefficient (Wildman–Crippen LogP) is 2.61. The fourth-order valence-electron chi connectivity index (χ4n) is 1.28. The lowest BCUT2D eigenvalue weighted by Crippen LogP contribution is -2.34. The van der Waals surface area contributed by atoms with Gasteiger partial charge in [-0.1, -0.05) is 26.8 Å². The van der Waals surface area contributed by atoms with Crippen molar-refractivity contribution in [3.8, 4) is 0 Å². The minimum atomic E-state index is -0.279. The van der Waals surface area contributed by atoms with Gasteiger partial charge in [0.2, 0.25) is 5.91 Å². The van der Waals surface area contributed by atoms with E-state index in [1.807, 2.05) is 20.8 Å². The van der Waals surface area contributed by atoms with Gasteiger partial charge in [-0.3, -0.25) is 4.79 Å². The normalized spacial score (nSPS) is 17.9. The Labute approximate surface area is 80.4 Å². The molecule has 0 saturated heterocycles. The molecule has 0 spiro atoms. The van der Waals surface area contributed by atoms with E-state index >= 15 is 0 Å². The molecule has 0 atom stereocenters. The summed E-state index contributed by atoms with van der Waals surface area (Å²) in [7, 11) is 0. The largest absolute Gasteiger partial charge is 0.330 e. The zero-order valence-electron chi connectivity index (χ0n) is 8.81. The van der Waals surface area contributed by atoms with Gasteiger partial charge in [0.05, 0.1) is 0 Å². The van der Waals surface area contributed by atoms with Gasteiger partial charge >= 0.3 is 0 Å². The van der Waals surface area contributed by atoms with Crippen molar-refractivity contribution in [3.05, 3.63) is 11.8 Å². The van der Waals surface area contributed by atoms with Crippen LogP contribution in [-0.4, -0.2) is 5.91 Å². The summed E-state index contributed by atoms with van der Waals surface area (Å²) in [6, 6.07) is 0. The number of amides is 1. The van der Waals surface area contributed by atoms with Crippen molar-refractivity contribution in [3.63, 3.8) is 0 Å². The second-order valence-corrected chi connectivity index (χ2v) is 4.68. The van der Waals surface area contributed by atoms with Crippen LogP contribution in [0.5, 0.6) is 0 Å². The standard InChI is InChI=1S/C11H19NO/c1-11(2,3)10(13)12-9-7-5-4-6-8-9/h7H,4-6,8H2,1-3H3,(H,12,13). The summed E-state index contributed by atoms with van der Waals surface area (Å²) in [5, 5.41) is 2.98. The van der Waals surface area contributed by atoms with E-state index in [0.29, 0.717) is 0 Å². The lowest BCUT2D eigenvalue weighted by molar-refractivity contribution is -0.127. The molecule has 74 valence electrons. The summed E-state index contributed by atoms with van der Waals surface area (Å²) >= 11 is 0. The Balaban J connectivity index is 2.49. The van der Waals surface area contributed by atoms with E-state index in [9.17, 15) is 4.79 Å². The topological polar surface area (TPSA) is 29.1 Å². The average molecular weight is 181 g/mol. The van der Waals surface area contributed by atoms with Gasteiger partial charge in [-0.2, -0.15) is 0 Å². The molecule has 0 heterocycles. The van der Waals surface area contributed by atoms with Crippen molar-refractivity contribution >= 4 is 5.91 Å². The summed E-state index contributed by atoms with van der Waals surface area (Å²) < 4.78 is 0. The molecule has 0 aliphatic heterocycles. The Morgan fingerprint density at radius 3 is 2.54 bits per heavy atom. The molecule has 0 unspecified atom stereocenters. The smallest absolute Gasteiger partial charge is 0.229 e. The van der Waals surface area contributed by atoms with Crippen LogP contribution in [0.25, 0.3) is 0 Å². The number of nitrogens with one attached hydrogen (secondary N) is 1. The Morgan fingerprint density at radius 1 is 1.38 bits per heavy atom. The number of hydrogen-bond donors (Lipinski definition) is 1. The van der Waals surface area contributed by atoms with E-state index in [1.54, 1.807) is 0 Å².